The zero-order valence-corrected chi connectivity index (χ0v) is 8.97. The number of nitrogens with zero attached hydrogens (tertiary/aromatic N) is 1. The number of ether oxygens (including phenoxy) is 1. The van der Waals surface area contributed by atoms with Crippen LogP contribution in [0.2, 0.25) is 0 Å². The second-order valence-corrected chi connectivity index (χ2v) is 3.27. The zero-order valence-electron chi connectivity index (χ0n) is 8.08. The molecule has 0 radical (unpaired) electrons. The standard InChI is InChI=1S/C10H15NOS/c1-3-9-10(12-6-7-13)5-4-8(2)11-9/h4-5,13H,3,6-7H2,1-2H3. The molecule has 1 aromatic rings. The van der Waals surface area contributed by atoms with Crippen molar-refractivity contribution in [2.75, 3.05) is 12.4 Å². The predicted molar refractivity (Wildman–Crippen MR) is 57.7 cm³/mol. The number of hydrogen-bond donors (Lipinski definition) is 1. The van der Waals surface area contributed by atoms with Gasteiger partial charge in [0.1, 0.15) is 5.75 Å². The van der Waals surface area contributed by atoms with Gasteiger partial charge in [0.15, 0.2) is 0 Å². The summed E-state index contributed by atoms with van der Waals surface area (Å²) in [6, 6.07) is 3.94. The quantitative estimate of drug-likeness (QED) is 0.748. The van der Waals surface area contributed by atoms with Crippen molar-refractivity contribution in [1.29, 1.82) is 0 Å². The van der Waals surface area contributed by atoms with Gasteiger partial charge in [-0.3, -0.25) is 4.98 Å². The maximum Gasteiger partial charge on any atom is 0.140 e. The lowest BCUT2D eigenvalue weighted by Gasteiger charge is -2.08. The largest absolute Gasteiger partial charge is 0.491 e. The van der Waals surface area contributed by atoms with Crippen LogP contribution in [0.4, 0.5) is 0 Å². The van der Waals surface area contributed by atoms with Gasteiger partial charge in [-0.15, -0.1) is 0 Å². The number of aromatic nitrogens is 1. The van der Waals surface area contributed by atoms with Crippen LogP contribution >= 0.6 is 12.6 Å². The highest BCUT2D eigenvalue weighted by Crippen LogP contribution is 2.17. The van der Waals surface area contributed by atoms with Crippen LogP contribution in [0.15, 0.2) is 12.1 Å². The number of thiol groups is 1. The molecule has 0 unspecified atom stereocenters. The van der Waals surface area contributed by atoms with Gasteiger partial charge in [-0.1, -0.05) is 6.92 Å². The second-order valence-electron chi connectivity index (χ2n) is 2.82. The van der Waals surface area contributed by atoms with Crippen molar-refractivity contribution in [2.24, 2.45) is 0 Å². The SMILES string of the molecule is CCc1nc(C)ccc1OCCS. The molecule has 0 atom stereocenters. The van der Waals surface area contributed by atoms with Crippen molar-refractivity contribution >= 4 is 12.6 Å². The summed E-state index contributed by atoms with van der Waals surface area (Å²) < 4.78 is 5.49. The van der Waals surface area contributed by atoms with Gasteiger partial charge in [-0.25, -0.2) is 0 Å². The average molecular weight is 197 g/mol. The van der Waals surface area contributed by atoms with E-state index in [-0.39, 0.29) is 0 Å². The van der Waals surface area contributed by atoms with Crippen molar-refractivity contribution in [2.45, 2.75) is 20.3 Å². The second kappa shape index (κ2) is 5.12. The van der Waals surface area contributed by atoms with E-state index in [0.29, 0.717) is 6.61 Å². The number of hydrogen-bond acceptors (Lipinski definition) is 3. The summed E-state index contributed by atoms with van der Waals surface area (Å²) >= 11 is 4.09. The van der Waals surface area contributed by atoms with Gasteiger partial charge in [-0.2, -0.15) is 12.6 Å². The lowest BCUT2D eigenvalue weighted by atomic mass is 10.2. The van der Waals surface area contributed by atoms with Crippen LogP contribution < -0.4 is 4.74 Å². The molecule has 0 aliphatic rings. The maximum atomic E-state index is 5.49. The molecule has 0 amide bonds. The van der Waals surface area contributed by atoms with E-state index >= 15 is 0 Å². The molecular weight excluding hydrogens is 182 g/mol. The van der Waals surface area contributed by atoms with E-state index < -0.39 is 0 Å². The highest BCUT2D eigenvalue weighted by atomic mass is 32.1. The molecule has 1 heterocycles. The van der Waals surface area contributed by atoms with Crippen molar-refractivity contribution in [3.8, 4) is 5.75 Å². The Balaban J connectivity index is 2.79. The molecule has 0 aliphatic heterocycles. The van der Waals surface area contributed by atoms with Crippen LogP contribution in [0.3, 0.4) is 0 Å². The van der Waals surface area contributed by atoms with Crippen LogP contribution in [-0.4, -0.2) is 17.3 Å². The Bertz CT molecular complexity index is 276. The molecule has 0 spiro atoms. The smallest absolute Gasteiger partial charge is 0.140 e. The molecular formula is C10H15NOS. The topological polar surface area (TPSA) is 22.1 Å². The summed E-state index contributed by atoms with van der Waals surface area (Å²) in [7, 11) is 0. The van der Waals surface area contributed by atoms with Gasteiger partial charge in [0, 0.05) is 11.4 Å². The third kappa shape index (κ3) is 2.92. The van der Waals surface area contributed by atoms with E-state index in [9.17, 15) is 0 Å². The van der Waals surface area contributed by atoms with E-state index in [2.05, 4.69) is 24.5 Å². The number of rotatable bonds is 4. The van der Waals surface area contributed by atoms with Crippen LogP contribution in [0.25, 0.3) is 0 Å². The molecule has 0 N–H and O–H groups in total. The Morgan fingerprint density at radius 3 is 2.85 bits per heavy atom. The zero-order chi connectivity index (χ0) is 9.68. The molecule has 0 saturated heterocycles. The fraction of sp³-hybridized carbons (Fsp3) is 0.500. The summed E-state index contributed by atoms with van der Waals surface area (Å²) in [4.78, 5) is 4.39. The highest BCUT2D eigenvalue weighted by Gasteiger charge is 2.02. The fourth-order valence-electron chi connectivity index (χ4n) is 1.14. The highest BCUT2D eigenvalue weighted by molar-refractivity contribution is 7.80. The van der Waals surface area contributed by atoms with E-state index in [0.717, 1.165) is 29.3 Å². The first-order valence-electron chi connectivity index (χ1n) is 4.48. The molecule has 0 fully saturated rings. The Kier molecular flexibility index (Phi) is 4.09. The molecule has 1 aromatic heterocycles. The normalized spacial score (nSPS) is 10.1. The van der Waals surface area contributed by atoms with Gasteiger partial charge in [0.25, 0.3) is 0 Å². The van der Waals surface area contributed by atoms with Crippen LogP contribution in [0, 0.1) is 6.92 Å². The Labute approximate surface area is 84.7 Å². The Hall–Kier alpha value is -0.700. The van der Waals surface area contributed by atoms with Gasteiger partial charge in [0.05, 0.1) is 12.3 Å². The predicted octanol–water partition coefficient (Wildman–Crippen LogP) is 2.26. The minimum atomic E-state index is 0.640. The Morgan fingerprint density at radius 1 is 1.46 bits per heavy atom. The first kappa shape index (κ1) is 10.4. The first-order chi connectivity index (χ1) is 6.27. The third-order valence-electron chi connectivity index (χ3n) is 1.76. The molecule has 1 rings (SSSR count). The molecule has 2 nitrogen and oxygen atoms in total. The first-order valence-corrected chi connectivity index (χ1v) is 5.11. The summed E-state index contributed by atoms with van der Waals surface area (Å²) in [6.07, 6.45) is 0.906. The van der Waals surface area contributed by atoms with Gasteiger partial charge < -0.3 is 4.74 Å². The lowest BCUT2D eigenvalue weighted by Crippen LogP contribution is -2.02. The van der Waals surface area contributed by atoms with Gasteiger partial charge in [-0.05, 0) is 25.5 Å². The average Bonchev–Trinajstić information content (AvgIpc) is 2.16. The third-order valence-corrected chi connectivity index (χ3v) is 1.94. The van der Waals surface area contributed by atoms with Crippen molar-refractivity contribution in [1.82, 2.24) is 4.98 Å². The monoisotopic (exact) mass is 197 g/mol. The molecule has 0 bridgehead atoms. The van der Waals surface area contributed by atoms with Crippen molar-refractivity contribution in [3.63, 3.8) is 0 Å². The molecule has 13 heavy (non-hydrogen) atoms. The summed E-state index contributed by atoms with van der Waals surface area (Å²) in [5.41, 5.74) is 2.07. The van der Waals surface area contributed by atoms with Crippen molar-refractivity contribution < 1.29 is 4.74 Å². The summed E-state index contributed by atoms with van der Waals surface area (Å²) in [5.74, 6) is 1.62. The molecule has 0 aliphatic carbocycles. The molecule has 0 saturated carbocycles. The fourth-order valence-corrected chi connectivity index (χ4v) is 1.23. The van der Waals surface area contributed by atoms with Gasteiger partial charge in [0.2, 0.25) is 0 Å². The number of aryl methyl sites for hydroxylation is 2. The molecule has 3 heteroatoms. The summed E-state index contributed by atoms with van der Waals surface area (Å²) in [6.45, 7) is 4.71. The van der Waals surface area contributed by atoms with Crippen LogP contribution in [0.5, 0.6) is 5.75 Å². The number of pyridine rings is 1. The van der Waals surface area contributed by atoms with E-state index in [4.69, 9.17) is 4.74 Å². The van der Waals surface area contributed by atoms with E-state index in [1.807, 2.05) is 19.1 Å². The summed E-state index contributed by atoms with van der Waals surface area (Å²) in [5, 5.41) is 0. The lowest BCUT2D eigenvalue weighted by molar-refractivity contribution is 0.338. The Morgan fingerprint density at radius 2 is 2.23 bits per heavy atom. The molecule has 72 valence electrons. The van der Waals surface area contributed by atoms with E-state index in [1.165, 1.54) is 0 Å². The van der Waals surface area contributed by atoms with Gasteiger partial charge >= 0.3 is 0 Å². The van der Waals surface area contributed by atoms with Crippen LogP contribution in [0.1, 0.15) is 18.3 Å². The minimum Gasteiger partial charge on any atom is -0.491 e. The molecule has 0 aromatic carbocycles. The van der Waals surface area contributed by atoms with Crippen molar-refractivity contribution in [3.05, 3.63) is 23.5 Å². The maximum absolute atomic E-state index is 5.49. The van der Waals surface area contributed by atoms with Crippen LogP contribution in [-0.2, 0) is 6.42 Å². The van der Waals surface area contributed by atoms with E-state index in [1.54, 1.807) is 0 Å². The minimum absolute atomic E-state index is 0.640.